The Hall–Kier alpha value is -1.67. The number of hydrogen-bond acceptors (Lipinski definition) is 5. The number of aryl methyl sites for hydroxylation is 1. The van der Waals surface area contributed by atoms with Gasteiger partial charge >= 0.3 is 0 Å². The van der Waals surface area contributed by atoms with E-state index in [1.165, 1.54) is 6.07 Å². The fourth-order valence-corrected chi connectivity index (χ4v) is 3.35. The molecule has 8 heteroatoms. The molecule has 2 aromatic rings. The second-order valence-corrected chi connectivity index (χ2v) is 6.10. The molecule has 1 heterocycles. The molecule has 0 atom stereocenters. The van der Waals surface area contributed by atoms with Crippen molar-refractivity contribution in [3.63, 3.8) is 0 Å². The van der Waals surface area contributed by atoms with E-state index in [0.717, 1.165) is 23.5 Å². The van der Waals surface area contributed by atoms with E-state index in [2.05, 4.69) is 9.71 Å². The molecule has 0 aliphatic carbocycles. The predicted molar refractivity (Wildman–Crippen MR) is 68.5 cm³/mol. The van der Waals surface area contributed by atoms with Crippen molar-refractivity contribution in [2.75, 3.05) is 10.5 Å². The molecule has 0 saturated heterocycles. The van der Waals surface area contributed by atoms with Crippen molar-refractivity contribution < 1.29 is 12.8 Å². The van der Waals surface area contributed by atoms with E-state index in [0.29, 0.717) is 5.69 Å². The van der Waals surface area contributed by atoms with E-state index in [1.54, 1.807) is 12.3 Å². The molecule has 0 fully saturated rings. The van der Waals surface area contributed by atoms with E-state index in [-0.39, 0.29) is 10.8 Å². The molecule has 0 radical (unpaired) electrons. The Bertz CT molecular complexity index is 682. The smallest absolute Gasteiger partial charge is 0.266 e. The molecular weight excluding hydrogens is 277 g/mol. The molecule has 5 nitrogen and oxygen atoms in total. The van der Waals surface area contributed by atoms with E-state index < -0.39 is 20.7 Å². The summed E-state index contributed by atoms with van der Waals surface area (Å²) in [6.45, 7) is 1.73. The second-order valence-electron chi connectivity index (χ2n) is 3.59. The fourth-order valence-electron chi connectivity index (χ4n) is 1.30. The number of hydrogen-bond donors (Lipinski definition) is 2. The zero-order chi connectivity index (χ0) is 13.3. The molecule has 0 unspecified atom stereocenters. The highest BCUT2D eigenvalue weighted by Gasteiger charge is 2.20. The standard InChI is InChI=1S/C10H10FN3O2S2/c1-6-5-17-10(13-6)14-18(15,16)9-4-7(12)2-3-8(9)11/h2-5H,12H2,1H3,(H,13,14). The average molecular weight is 287 g/mol. The van der Waals surface area contributed by atoms with Crippen molar-refractivity contribution in [2.45, 2.75) is 11.8 Å². The molecule has 0 aliphatic heterocycles. The lowest BCUT2D eigenvalue weighted by Gasteiger charge is -2.06. The summed E-state index contributed by atoms with van der Waals surface area (Å²) < 4.78 is 39.6. The number of halogens is 1. The number of nitrogens with two attached hydrogens (primary N) is 1. The summed E-state index contributed by atoms with van der Waals surface area (Å²) >= 11 is 1.13. The second kappa shape index (κ2) is 4.54. The van der Waals surface area contributed by atoms with Crippen molar-refractivity contribution in [1.29, 1.82) is 0 Å². The number of aromatic nitrogens is 1. The average Bonchev–Trinajstić information content (AvgIpc) is 2.66. The van der Waals surface area contributed by atoms with E-state index >= 15 is 0 Å². The molecular formula is C10H10FN3O2S2. The van der Waals surface area contributed by atoms with Gasteiger partial charge in [-0.25, -0.2) is 17.8 Å². The maximum absolute atomic E-state index is 13.5. The summed E-state index contributed by atoms with van der Waals surface area (Å²) in [5.41, 5.74) is 6.31. The van der Waals surface area contributed by atoms with Gasteiger partial charge in [0.1, 0.15) is 10.7 Å². The first kappa shape index (κ1) is 12.8. The van der Waals surface area contributed by atoms with Gasteiger partial charge < -0.3 is 5.73 Å². The Morgan fingerprint density at radius 1 is 1.44 bits per heavy atom. The number of nitrogens with one attached hydrogen (secondary N) is 1. The minimum Gasteiger partial charge on any atom is -0.399 e. The Labute approximate surface area is 108 Å². The van der Waals surface area contributed by atoms with Gasteiger partial charge in [0, 0.05) is 11.1 Å². The van der Waals surface area contributed by atoms with E-state index in [4.69, 9.17) is 5.73 Å². The monoisotopic (exact) mass is 287 g/mol. The van der Waals surface area contributed by atoms with Crippen molar-refractivity contribution in [2.24, 2.45) is 0 Å². The van der Waals surface area contributed by atoms with Crippen molar-refractivity contribution in [3.8, 4) is 0 Å². The summed E-state index contributed by atoms with van der Waals surface area (Å²) in [6.07, 6.45) is 0. The van der Waals surface area contributed by atoms with Crippen molar-refractivity contribution in [3.05, 3.63) is 35.1 Å². The summed E-state index contributed by atoms with van der Waals surface area (Å²) in [4.78, 5) is 3.46. The van der Waals surface area contributed by atoms with Crippen LogP contribution in [0.5, 0.6) is 0 Å². The number of sulfonamides is 1. The van der Waals surface area contributed by atoms with Gasteiger partial charge in [-0.05, 0) is 25.1 Å². The molecule has 1 aromatic carbocycles. The number of thiazole rings is 1. The summed E-state index contributed by atoms with van der Waals surface area (Å²) in [6, 6.07) is 3.37. The van der Waals surface area contributed by atoms with Crippen LogP contribution >= 0.6 is 11.3 Å². The lowest BCUT2D eigenvalue weighted by molar-refractivity contribution is 0.570. The topological polar surface area (TPSA) is 85.1 Å². The Morgan fingerprint density at radius 2 is 2.17 bits per heavy atom. The van der Waals surface area contributed by atoms with Gasteiger partial charge in [-0.15, -0.1) is 11.3 Å². The van der Waals surface area contributed by atoms with Crippen LogP contribution in [0.4, 0.5) is 15.2 Å². The van der Waals surface area contributed by atoms with Gasteiger partial charge in [-0.1, -0.05) is 0 Å². The molecule has 3 N–H and O–H groups in total. The summed E-state index contributed by atoms with van der Waals surface area (Å²) in [7, 11) is -4.01. The molecule has 0 bridgehead atoms. The predicted octanol–water partition coefficient (Wildman–Crippen LogP) is 1.97. The van der Waals surface area contributed by atoms with E-state index in [9.17, 15) is 12.8 Å². The third-order valence-corrected chi connectivity index (χ3v) is 4.44. The SMILES string of the molecule is Cc1csc(NS(=O)(=O)c2cc(N)ccc2F)n1. The molecule has 96 valence electrons. The minimum absolute atomic E-state index is 0.173. The number of anilines is 2. The van der Waals surface area contributed by atoms with E-state index in [1.807, 2.05) is 0 Å². The van der Waals surface area contributed by atoms with Crippen LogP contribution in [0, 0.1) is 12.7 Å². The van der Waals surface area contributed by atoms with Crippen LogP contribution in [-0.2, 0) is 10.0 Å². The van der Waals surface area contributed by atoms with Crippen molar-refractivity contribution >= 4 is 32.2 Å². The zero-order valence-electron chi connectivity index (χ0n) is 9.34. The van der Waals surface area contributed by atoms with Crippen LogP contribution in [0.1, 0.15) is 5.69 Å². The van der Waals surface area contributed by atoms with Gasteiger partial charge in [-0.2, -0.15) is 0 Å². The first-order valence-corrected chi connectivity index (χ1v) is 7.25. The highest BCUT2D eigenvalue weighted by atomic mass is 32.2. The van der Waals surface area contributed by atoms with Crippen LogP contribution < -0.4 is 10.5 Å². The van der Waals surface area contributed by atoms with Gasteiger partial charge in [0.25, 0.3) is 10.0 Å². The maximum Gasteiger partial charge on any atom is 0.266 e. The van der Waals surface area contributed by atoms with Crippen LogP contribution in [0.15, 0.2) is 28.5 Å². The summed E-state index contributed by atoms with van der Waals surface area (Å²) in [5.74, 6) is -0.857. The normalized spacial score (nSPS) is 11.4. The quantitative estimate of drug-likeness (QED) is 0.845. The lowest BCUT2D eigenvalue weighted by Crippen LogP contribution is -2.14. The summed E-state index contributed by atoms with van der Waals surface area (Å²) in [5, 5.41) is 1.88. The molecule has 0 amide bonds. The fraction of sp³-hybridized carbons (Fsp3) is 0.100. The lowest BCUT2D eigenvalue weighted by atomic mass is 10.3. The van der Waals surface area contributed by atoms with Crippen LogP contribution in [0.3, 0.4) is 0 Å². The number of benzene rings is 1. The number of nitrogens with zero attached hydrogens (tertiary/aromatic N) is 1. The minimum atomic E-state index is -4.01. The van der Waals surface area contributed by atoms with Gasteiger partial charge in [0.2, 0.25) is 0 Å². The molecule has 0 saturated carbocycles. The van der Waals surface area contributed by atoms with Gasteiger partial charge in [-0.3, -0.25) is 4.72 Å². The first-order valence-electron chi connectivity index (χ1n) is 4.88. The van der Waals surface area contributed by atoms with Crippen LogP contribution in [0.2, 0.25) is 0 Å². The third kappa shape index (κ3) is 2.59. The molecule has 1 aromatic heterocycles. The van der Waals surface area contributed by atoms with Gasteiger partial charge in [0.05, 0.1) is 5.69 Å². The Kier molecular flexibility index (Phi) is 3.22. The first-order chi connectivity index (χ1) is 8.38. The third-order valence-electron chi connectivity index (χ3n) is 2.09. The zero-order valence-corrected chi connectivity index (χ0v) is 11.0. The van der Waals surface area contributed by atoms with Gasteiger partial charge in [0.15, 0.2) is 5.13 Å². The largest absolute Gasteiger partial charge is 0.399 e. The maximum atomic E-state index is 13.5. The molecule has 0 spiro atoms. The molecule has 2 rings (SSSR count). The Morgan fingerprint density at radius 3 is 2.78 bits per heavy atom. The van der Waals surface area contributed by atoms with Crippen LogP contribution in [-0.4, -0.2) is 13.4 Å². The van der Waals surface area contributed by atoms with Crippen molar-refractivity contribution in [1.82, 2.24) is 4.98 Å². The Balaban J connectivity index is 2.39. The highest BCUT2D eigenvalue weighted by Crippen LogP contribution is 2.22. The highest BCUT2D eigenvalue weighted by molar-refractivity contribution is 7.93. The molecule has 18 heavy (non-hydrogen) atoms. The molecule has 0 aliphatic rings. The van der Waals surface area contributed by atoms with Crippen LogP contribution in [0.25, 0.3) is 0 Å². The number of nitrogen functional groups attached to an aromatic ring is 1. The number of rotatable bonds is 3.